The van der Waals surface area contributed by atoms with Crippen molar-refractivity contribution in [3.05, 3.63) is 51.4 Å². The van der Waals surface area contributed by atoms with Gasteiger partial charge in [0.1, 0.15) is 11.4 Å². The van der Waals surface area contributed by atoms with Crippen LogP contribution in [0.3, 0.4) is 0 Å². The zero-order chi connectivity index (χ0) is 17.3. The predicted molar refractivity (Wildman–Crippen MR) is 99.7 cm³/mol. The number of halogens is 1. The van der Waals surface area contributed by atoms with Gasteiger partial charge in [0.15, 0.2) is 5.13 Å². The molecular weight excluding hydrogens is 390 g/mol. The molecule has 0 amide bonds. The van der Waals surface area contributed by atoms with Gasteiger partial charge in [-0.25, -0.2) is 9.78 Å². The van der Waals surface area contributed by atoms with Crippen molar-refractivity contribution >= 4 is 39.1 Å². The molecule has 0 aliphatic rings. The number of carbonyl (C=O) groups is 1. The van der Waals surface area contributed by atoms with Crippen LogP contribution in [0, 0.1) is 6.92 Å². The molecule has 2 heterocycles. The van der Waals surface area contributed by atoms with Crippen LogP contribution >= 0.6 is 27.3 Å². The lowest BCUT2D eigenvalue weighted by Gasteiger charge is -2.04. The van der Waals surface area contributed by atoms with Crippen molar-refractivity contribution in [2.45, 2.75) is 13.8 Å². The van der Waals surface area contributed by atoms with Gasteiger partial charge in [-0.2, -0.15) is 0 Å². The fourth-order valence-electron chi connectivity index (χ4n) is 2.41. The Hall–Kier alpha value is -2.12. The molecule has 0 spiro atoms. The largest absolute Gasteiger partial charge is 0.462 e. The molecule has 5 nitrogen and oxygen atoms in total. The highest BCUT2D eigenvalue weighted by molar-refractivity contribution is 9.10. The topological polar surface area (TPSA) is 70.1 Å². The Kier molecular flexibility index (Phi) is 4.73. The number of rotatable bonds is 4. The van der Waals surface area contributed by atoms with Crippen molar-refractivity contribution in [2.24, 2.45) is 0 Å². The van der Waals surface area contributed by atoms with E-state index in [1.807, 2.05) is 42.8 Å². The zero-order valence-electron chi connectivity index (χ0n) is 13.2. The fraction of sp³-hybridized carbons (Fsp3) is 0.176. The summed E-state index contributed by atoms with van der Waals surface area (Å²) in [5.41, 5.74) is 9.22. The van der Waals surface area contributed by atoms with Gasteiger partial charge < -0.3 is 10.5 Å². The highest BCUT2D eigenvalue weighted by atomic mass is 79.9. The average Bonchev–Trinajstić information content (AvgIpc) is 3.13. The highest BCUT2D eigenvalue weighted by Gasteiger charge is 2.21. The number of esters is 1. The van der Waals surface area contributed by atoms with E-state index in [4.69, 9.17) is 10.5 Å². The third-order valence-corrected chi connectivity index (χ3v) is 4.92. The summed E-state index contributed by atoms with van der Waals surface area (Å²) < 4.78 is 7.82. The minimum Gasteiger partial charge on any atom is -0.462 e. The van der Waals surface area contributed by atoms with Gasteiger partial charge in [-0.15, -0.1) is 11.3 Å². The minimum absolute atomic E-state index is 0.313. The highest BCUT2D eigenvalue weighted by Crippen LogP contribution is 2.29. The maximum atomic E-state index is 12.1. The summed E-state index contributed by atoms with van der Waals surface area (Å²) in [6, 6.07) is 7.94. The number of carbonyl (C=O) groups excluding carboxylic acids is 1. The first kappa shape index (κ1) is 16.7. The molecule has 3 rings (SSSR count). The van der Waals surface area contributed by atoms with E-state index in [-0.39, 0.29) is 0 Å². The standard InChI is InChI=1S/C17H16BrN3O2S/c1-3-23-16(22)14-10(2)8-21(15(14)19)17-20-13(9-24-17)11-4-6-12(18)7-5-11/h4-9H,3,19H2,1-2H3. The second-order valence-electron chi connectivity index (χ2n) is 5.19. The summed E-state index contributed by atoms with van der Waals surface area (Å²) in [5, 5.41) is 2.68. The molecule has 2 N–H and O–H groups in total. The number of nitrogen functional groups attached to an aromatic ring is 1. The van der Waals surface area contributed by atoms with Gasteiger partial charge >= 0.3 is 5.97 Å². The molecule has 0 bridgehead atoms. The summed E-state index contributed by atoms with van der Waals surface area (Å²) in [6.07, 6.45) is 1.81. The van der Waals surface area contributed by atoms with Crippen LogP contribution in [0.4, 0.5) is 5.82 Å². The van der Waals surface area contributed by atoms with E-state index in [1.165, 1.54) is 11.3 Å². The summed E-state index contributed by atoms with van der Waals surface area (Å²) in [4.78, 5) is 16.7. The molecule has 2 aromatic heterocycles. The Labute approximate surface area is 152 Å². The number of aromatic nitrogens is 2. The zero-order valence-corrected chi connectivity index (χ0v) is 15.6. The van der Waals surface area contributed by atoms with Crippen LogP contribution in [-0.4, -0.2) is 22.1 Å². The van der Waals surface area contributed by atoms with Crippen LogP contribution < -0.4 is 5.73 Å². The lowest BCUT2D eigenvalue weighted by molar-refractivity contribution is 0.0527. The van der Waals surface area contributed by atoms with Gasteiger partial charge in [-0.05, 0) is 31.5 Å². The monoisotopic (exact) mass is 405 g/mol. The molecule has 0 aliphatic carbocycles. The first-order chi connectivity index (χ1) is 11.5. The molecular formula is C17H16BrN3O2S. The number of aryl methyl sites for hydroxylation is 1. The normalized spacial score (nSPS) is 10.8. The predicted octanol–water partition coefficient (Wildman–Crippen LogP) is 4.43. The van der Waals surface area contributed by atoms with E-state index < -0.39 is 5.97 Å². The van der Waals surface area contributed by atoms with E-state index in [0.717, 1.165) is 21.3 Å². The summed E-state index contributed by atoms with van der Waals surface area (Å²) in [6.45, 7) is 3.92. The number of hydrogen-bond donors (Lipinski definition) is 1. The van der Waals surface area contributed by atoms with Gasteiger partial charge in [-0.1, -0.05) is 28.1 Å². The quantitative estimate of drug-likeness (QED) is 0.651. The minimum atomic E-state index is -0.407. The molecule has 0 fully saturated rings. The maximum absolute atomic E-state index is 12.1. The molecule has 24 heavy (non-hydrogen) atoms. The third-order valence-electron chi connectivity index (χ3n) is 3.55. The maximum Gasteiger partial charge on any atom is 0.342 e. The average molecular weight is 406 g/mol. The smallest absolute Gasteiger partial charge is 0.342 e. The van der Waals surface area contributed by atoms with Crippen molar-refractivity contribution in [1.29, 1.82) is 0 Å². The number of benzene rings is 1. The summed E-state index contributed by atoms with van der Waals surface area (Å²) in [7, 11) is 0. The molecule has 0 unspecified atom stereocenters. The van der Waals surface area contributed by atoms with Crippen molar-refractivity contribution < 1.29 is 9.53 Å². The van der Waals surface area contributed by atoms with E-state index in [9.17, 15) is 4.79 Å². The molecule has 0 radical (unpaired) electrons. The SMILES string of the molecule is CCOC(=O)c1c(C)cn(-c2nc(-c3ccc(Br)cc3)cs2)c1N. The summed E-state index contributed by atoms with van der Waals surface area (Å²) >= 11 is 4.90. The van der Waals surface area contributed by atoms with Crippen molar-refractivity contribution in [3.63, 3.8) is 0 Å². The van der Waals surface area contributed by atoms with Crippen molar-refractivity contribution in [3.8, 4) is 16.4 Å². The van der Waals surface area contributed by atoms with Gasteiger partial charge in [0, 0.05) is 21.6 Å². The number of ether oxygens (including phenoxy) is 1. The van der Waals surface area contributed by atoms with Gasteiger partial charge in [0.2, 0.25) is 0 Å². The lowest BCUT2D eigenvalue weighted by atomic mass is 10.2. The van der Waals surface area contributed by atoms with Crippen LogP contribution in [0.2, 0.25) is 0 Å². The van der Waals surface area contributed by atoms with Gasteiger partial charge in [0.25, 0.3) is 0 Å². The van der Waals surface area contributed by atoms with Crippen LogP contribution in [0.5, 0.6) is 0 Å². The van der Waals surface area contributed by atoms with Gasteiger partial charge in [0.05, 0.1) is 12.3 Å². The first-order valence-corrected chi connectivity index (χ1v) is 9.05. The molecule has 1 aromatic carbocycles. The Morgan fingerprint density at radius 2 is 2.08 bits per heavy atom. The third kappa shape index (κ3) is 3.09. The molecule has 0 saturated carbocycles. The lowest BCUT2D eigenvalue weighted by Crippen LogP contribution is -2.09. The molecule has 124 valence electrons. The Morgan fingerprint density at radius 3 is 2.75 bits per heavy atom. The molecule has 7 heteroatoms. The Morgan fingerprint density at radius 1 is 1.38 bits per heavy atom. The number of nitrogens with zero attached hydrogens (tertiary/aromatic N) is 2. The van der Waals surface area contributed by atoms with Crippen LogP contribution in [0.15, 0.2) is 40.3 Å². The number of thiazole rings is 1. The van der Waals surface area contributed by atoms with Crippen molar-refractivity contribution in [2.75, 3.05) is 12.3 Å². The first-order valence-electron chi connectivity index (χ1n) is 7.37. The second-order valence-corrected chi connectivity index (χ2v) is 6.94. The molecule has 0 saturated heterocycles. The second kappa shape index (κ2) is 6.78. The Balaban J connectivity index is 1.97. The van der Waals surface area contributed by atoms with E-state index in [2.05, 4.69) is 20.9 Å². The van der Waals surface area contributed by atoms with Crippen LogP contribution in [0.25, 0.3) is 16.4 Å². The number of hydrogen-bond acceptors (Lipinski definition) is 5. The van der Waals surface area contributed by atoms with E-state index in [1.54, 1.807) is 11.5 Å². The van der Waals surface area contributed by atoms with E-state index in [0.29, 0.717) is 23.1 Å². The number of nitrogens with two attached hydrogens (primary N) is 1. The number of anilines is 1. The van der Waals surface area contributed by atoms with Crippen LogP contribution in [-0.2, 0) is 4.74 Å². The molecule has 0 atom stereocenters. The van der Waals surface area contributed by atoms with Crippen LogP contribution in [0.1, 0.15) is 22.8 Å². The van der Waals surface area contributed by atoms with Crippen molar-refractivity contribution in [1.82, 2.24) is 9.55 Å². The fourth-order valence-corrected chi connectivity index (χ4v) is 3.49. The Bertz CT molecular complexity index is 884. The van der Waals surface area contributed by atoms with Gasteiger partial charge in [-0.3, -0.25) is 4.57 Å². The molecule has 0 aliphatic heterocycles. The molecule has 3 aromatic rings. The van der Waals surface area contributed by atoms with E-state index >= 15 is 0 Å². The summed E-state index contributed by atoms with van der Waals surface area (Å²) in [5.74, 6) is -0.0569.